The molecule has 0 heterocycles. The molecule has 8 atom stereocenters. The Labute approximate surface area is 302 Å². The van der Waals surface area contributed by atoms with Crippen molar-refractivity contribution >= 4 is 20.5 Å². The van der Waals surface area contributed by atoms with Crippen LogP contribution < -0.4 is 0 Å². The summed E-state index contributed by atoms with van der Waals surface area (Å²) in [5, 5.41) is 0. The van der Waals surface area contributed by atoms with E-state index in [2.05, 4.69) is 42.5 Å². The van der Waals surface area contributed by atoms with Crippen LogP contribution in [0.2, 0.25) is 6.32 Å². The minimum Gasteiger partial charge on any atom is -0.179 e. The summed E-state index contributed by atoms with van der Waals surface area (Å²) < 4.78 is 0. The summed E-state index contributed by atoms with van der Waals surface area (Å²) in [6, 6.07) is 0. The molecule has 0 bridgehead atoms. The lowest BCUT2D eigenvalue weighted by Gasteiger charge is -2.57. The van der Waals surface area contributed by atoms with Crippen LogP contribution in [-0.4, -0.2) is 13.6 Å². The lowest BCUT2D eigenvalue weighted by molar-refractivity contribution is -0.0846. The fourth-order valence-electron chi connectivity index (χ4n) is 14.8. The smallest absolute Gasteiger partial charge is 0.101 e. The molecule has 0 amide bonds. The number of unbranched alkanes of at least 4 members (excludes halogenated alkanes) is 1. The minimum absolute atomic E-state index is 0.481. The molecule has 0 spiro atoms. The van der Waals surface area contributed by atoms with Crippen molar-refractivity contribution in [1.29, 1.82) is 0 Å². The molecule has 8 unspecified atom stereocenters. The highest BCUT2D eigenvalue weighted by molar-refractivity contribution is 7.80. The molecular weight excluding hydrogens is 583 g/mol. The normalized spacial score (nSPS) is 35.2. The second-order valence-electron chi connectivity index (χ2n) is 19.3. The zero-order chi connectivity index (χ0) is 33.4. The summed E-state index contributed by atoms with van der Waals surface area (Å²) in [5.74, 6) is 11.6. The van der Waals surface area contributed by atoms with Gasteiger partial charge in [-0.1, -0.05) is 137 Å². The third-order valence-corrected chi connectivity index (χ3v) is 17.8. The van der Waals surface area contributed by atoms with Gasteiger partial charge in [0.1, 0.15) is 7.85 Å². The van der Waals surface area contributed by atoms with Gasteiger partial charge in [-0.05, 0) is 146 Å². The molecule has 0 saturated heterocycles. The standard InChI is InChI=1S/C45H83BS/c1-6-7-15-35(5)45(33(2)3,41-28-26-37(27-29-41)36-17-13-18-36)43-23-14-19-39(43)25-24-38-16-11-12-22-42(38)44(32-47,34(4)30-31-46)40-20-9-8-10-21-40/h33-43,47H,6-32,46H2,1-5H3. The molecule has 0 N–H and O–H groups in total. The molecule has 0 radical (unpaired) electrons. The second-order valence-corrected chi connectivity index (χ2v) is 19.6. The monoisotopic (exact) mass is 667 g/mol. The Bertz CT molecular complexity index is 882. The van der Waals surface area contributed by atoms with E-state index >= 15 is 0 Å². The first kappa shape index (κ1) is 38.6. The van der Waals surface area contributed by atoms with E-state index < -0.39 is 0 Å². The summed E-state index contributed by atoms with van der Waals surface area (Å²) in [5.41, 5.74) is 1.05. The van der Waals surface area contributed by atoms with Gasteiger partial charge >= 0.3 is 0 Å². The Balaban J connectivity index is 1.37. The number of thiol groups is 1. The van der Waals surface area contributed by atoms with E-state index in [4.69, 9.17) is 12.6 Å². The van der Waals surface area contributed by atoms with E-state index in [-0.39, 0.29) is 0 Å². The molecule has 0 aromatic carbocycles. The van der Waals surface area contributed by atoms with Gasteiger partial charge in [0.15, 0.2) is 0 Å². The first-order chi connectivity index (χ1) is 22.8. The van der Waals surface area contributed by atoms with Crippen LogP contribution in [0.1, 0.15) is 195 Å². The van der Waals surface area contributed by atoms with E-state index in [1.165, 1.54) is 103 Å². The first-order valence-electron chi connectivity index (χ1n) is 22.4. The Morgan fingerprint density at radius 3 is 1.77 bits per heavy atom. The molecule has 0 nitrogen and oxygen atoms in total. The van der Waals surface area contributed by atoms with Crippen LogP contribution in [0.25, 0.3) is 0 Å². The van der Waals surface area contributed by atoms with Gasteiger partial charge in [-0.15, -0.1) is 0 Å². The predicted octanol–water partition coefficient (Wildman–Crippen LogP) is 13.6. The number of hydrogen-bond donors (Lipinski definition) is 1. The minimum atomic E-state index is 0.481. The fraction of sp³-hybridized carbons (Fsp3) is 1.00. The molecule has 0 aromatic rings. The van der Waals surface area contributed by atoms with Crippen molar-refractivity contribution in [3.63, 3.8) is 0 Å². The average Bonchev–Trinajstić information content (AvgIpc) is 3.53. The highest BCUT2D eigenvalue weighted by atomic mass is 32.1. The first-order valence-corrected chi connectivity index (χ1v) is 23.1. The maximum absolute atomic E-state index is 5.36. The van der Waals surface area contributed by atoms with Crippen molar-refractivity contribution in [2.75, 3.05) is 5.75 Å². The van der Waals surface area contributed by atoms with Crippen LogP contribution in [-0.2, 0) is 0 Å². The van der Waals surface area contributed by atoms with Gasteiger partial charge < -0.3 is 0 Å². The van der Waals surface area contributed by atoms with E-state index in [9.17, 15) is 0 Å². The summed E-state index contributed by atoms with van der Waals surface area (Å²) in [4.78, 5) is 0. The number of hydrogen-bond acceptors (Lipinski definition) is 1. The third kappa shape index (κ3) is 8.09. The van der Waals surface area contributed by atoms with E-state index in [0.717, 1.165) is 70.8 Å². The quantitative estimate of drug-likeness (QED) is 0.116. The average molecular weight is 667 g/mol. The van der Waals surface area contributed by atoms with Gasteiger partial charge in [-0.3, -0.25) is 0 Å². The lowest BCUT2D eigenvalue weighted by atomic mass is 9.48. The maximum Gasteiger partial charge on any atom is 0.101 e. The molecule has 5 rings (SSSR count). The van der Waals surface area contributed by atoms with Crippen LogP contribution in [0, 0.1) is 75.9 Å². The van der Waals surface area contributed by atoms with Crippen molar-refractivity contribution in [3.05, 3.63) is 0 Å². The van der Waals surface area contributed by atoms with Crippen molar-refractivity contribution in [1.82, 2.24) is 0 Å². The molecule has 47 heavy (non-hydrogen) atoms. The van der Waals surface area contributed by atoms with E-state index in [1.807, 2.05) is 0 Å². The Morgan fingerprint density at radius 2 is 1.17 bits per heavy atom. The fourth-order valence-corrected chi connectivity index (χ4v) is 15.6. The molecule has 5 aliphatic carbocycles. The summed E-state index contributed by atoms with van der Waals surface area (Å²) in [6.45, 7) is 13.3. The lowest BCUT2D eigenvalue weighted by Crippen LogP contribution is -2.51. The highest BCUT2D eigenvalue weighted by Crippen LogP contribution is 2.63. The molecule has 0 aliphatic heterocycles. The van der Waals surface area contributed by atoms with Crippen molar-refractivity contribution in [2.45, 2.75) is 201 Å². The Kier molecular flexibility index (Phi) is 15.0. The zero-order valence-electron chi connectivity index (χ0n) is 32.9. The molecular formula is C45H83BS. The molecule has 5 aliphatic rings. The molecule has 0 aromatic heterocycles. The topological polar surface area (TPSA) is 0 Å². The summed E-state index contributed by atoms with van der Waals surface area (Å²) in [7, 11) is 2.45. The number of rotatable bonds is 17. The van der Waals surface area contributed by atoms with E-state index in [1.54, 1.807) is 64.2 Å². The SMILES string of the molecule is BCCC(C)C(CS)(C1CCCCC1)C1CCCCC1CCC1CCCC1C(C(C)C)(C(C)CCCC)C1CCC(C2CCC2)CC1. The second kappa shape index (κ2) is 18.3. The maximum atomic E-state index is 5.36. The van der Waals surface area contributed by atoms with Crippen LogP contribution in [0.4, 0.5) is 0 Å². The van der Waals surface area contributed by atoms with Gasteiger partial charge in [0.25, 0.3) is 0 Å². The highest BCUT2D eigenvalue weighted by Gasteiger charge is 2.55. The molecule has 272 valence electrons. The van der Waals surface area contributed by atoms with Crippen molar-refractivity contribution in [3.8, 4) is 0 Å². The van der Waals surface area contributed by atoms with Crippen LogP contribution in [0.15, 0.2) is 0 Å². The van der Waals surface area contributed by atoms with Gasteiger partial charge in [0.2, 0.25) is 0 Å². The molecule has 2 heteroatoms. The molecule has 5 saturated carbocycles. The molecule has 5 fully saturated rings. The third-order valence-electron chi connectivity index (χ3n) is 17.2. The van der Waals surface area contributed by atoms with Gasteiger partial charge in [-0.25, -0.2) is 0 Å². The largest absolute Gasteiger partial charge is 0.179 e. The van der Waals surface area contributed by atoms with Crippen LogP contribution >= 0.6 is 12.6 Å². The van der Waals surface area contributed by atoms with Crippen LogP contribution in [0.5, 0.6) is 0 Å². The zero-order valence-corrected chi connectivity index (χ0v) is 33.8. The predicted molar refractivity (Wildman–Crippen MR) is 214 cm³/mol. The van der Waals surface area contributed by atoms with Gasteiger partial charge in [0.05, 0.1) is 0 Å². The summed E-state index contributed by atoms with van der Waals surface area (Å²) >= 11 is 5.36. The van der Waals surface area contributed by atoms with Crippen LogP contribution in [0.3, 0.4) is 0 Å². The Hall–Kier alpha value is 0.415. The summed E-state index contributed by atoms with van der Waals surface area (Å²) in [6.07, 6.45) is 39.1. The van der Waals surface area contributed by atoms with Crippen molar-refractivity contribution < 1.29 is 0 Å². The van der Waals surface area contributed by atoms with Gasteiger partial charge in [0, 0.05) is 0 Å². The van der Waals surface area contributed by atoms with Crippen molar-refractivity contribution in [2.24, 2.45) is 75.9 Å². The van der Waals surface area contributed by atoms with E-state index in [0.29, 0.717) is 10.8 Å². The Morgan fingerprint density at radius 1 is 0.596 bits per heavy atom. The van der Waals surface area contributed by atoms with Gasteiger partial charge in [-0.2, -0.15) is 12.6 Å².